The number of nitrogens with zero attached hydrogens (tertiary/aromatic N) is 1. The standard InChI is InChI=1S/C21H28N2O2/c1-16(2)18-11-7-8-12-19(18)22-21(25)15-23(3)20(13-14-24)17-9-5-4-6-10-17/h4-12,16,20,24H,13-15H2,1-3H3,(H,22,25). The first-order chi connectivity index (χ1) is 12.0. The van der Waals surface area contributed by atoms with E-state index in [9.17, 15) is 9.90 Å². The van der Waals surface area contributed by atoms with Crippen LogP contribution < -0.4 is 5.32 Å². The summed E-state index contributed by atoms with van der Waals surface area (Å²) >= 11 is 0. The molecular weight excluding hydrogens is 312 g/mol. The van der Waals surface area contributed by atoms with Gasteiger partial charge in [-0.05, 0) is 36.6 Å². The van der Waals surface area contributed by atoms with Crippen molar-refractivity contribution in [2.75, 3.05) is 25.5 Å². The fourth-order valence-electron chi connectivity index (χ4n) is 3.08. The van der Waals surface area contributed by atoms with Crippen molar-refractivity contribution in [2.45, 2.75) is 32.2 Å². The summed E-state index contributed by atoms with van der Waals surface area (Å²) in [5.74, 6) is 0.301. The number of rotatable bonds is 8. The minimum atomic E-state index is -0.0468. The van der Waals surface area contributed by atoms with Crippen LogP contribution in [0.1, 0.15) is 43.4 Å². The number of amides is 1. The van der Waals surface area contributed by atoms with Crippen LogP contribution in [0.4, 0.5) is 5.69 Å². The van der Waals surface area contributed by atoms with Crippen molar-refractivity contribution in [3.05, 3.63) is 65.7 Å². The van der Waals surface area contributed by atoms with Gasteiger partial charge in [0.15, 0.2) is 0 Å². The molecule has 0 aliphatic heterocycles. The van der Waals surface area contributed by atoms with E-state index in [1.54, 1.807) is 0 Å². The van der Waals surface area contributed by atoms with Gasteiger partial charge in [0.05, 0.1) is 6.54 Å². The minimum absolute atomic E-state index is 0.0114. The van der Waals surface area contributed by atoms with Crippen LogP contribution in [0, 0.1) is 0 Å². The van der Waals surface area contributed by atoms with Crippen molar-refractivity contribution in [2.24, 2.45) is 0 Å². The maximum Gasteiger partial charge on any atom is 0.238 e. The Labute approximate surface area is 150 Å². The molecule has 0 spiro atoms. The molecule has 0 radical (unpaired) electrons. The van der Waals surface area contributed by atoms with E-state index >= 15 is 0 Å². The number of carbonyl (C=O) groups excluding carboxylic acids is 1. The van der Waals surface area contributed by atoms with Gasteiger partial charge < -0.3 is 10.4 Å². The Morgan fingerprint density at radius 3 is 2.36 bits per heavy atom. The summed E-state index contributed by atoms with van der Waals surface area (Å²) in [6, 6.07) is 17.9. The molecule has 134 valence electrons. The van der Waals surface area contributed by atoms with E-state index in [0.29, 0.717) is 12.3 Å². The molecule has 4 nitrogen and oxygen atoms in total. The molecule has 2 rings (SSSR count). The van der Waals surface area contributed by atoms with Gasteiger partial charge in [0.1, 0.15) is 0 Å². The lowest BCUT2D eigenvalue weighted by atomic mass is 10.0. The van der Waals surface area contributed by atoms with Crippen LogP contribution >= 0.6 is 0 Å². The van der Waals surface area contributed by atoms with Crippen molar-refractivity contribution in [3.8, 4) is 0 Å². The molecule has 25 heavy (non-hydrogen) atoms. The highest BCUT2D eigenvalue weighted by Gasteiger charge is 2.19. The van der Waals surface area contributed by atoms with E-state index in [1.807, 2.05) is 66.5 Å². The molecule has 0 aliphatic rings. The molecule has 2 aromatic rings. The maximum atomic E-state index is 12.5. The minimum Gasteiger partial charge on any atom is -0.396 e. The monoisotopic (exact) mass is 340 g/mol. The Bertz CT molecular complexity index is 671. The van der Waals surface area contributed by atoms with Crippen molar-refractivity contribution in [3.63, 3.8) is 0 Å². The Kier molecular flexibility index (Phi) is 7.16. The van der Waals surface area contributed by atoms with Crippen LogP contribution in [0.2, 0.25) is 0 Å². The molecule has 1 atom stereocenters. The summed E-state index contributed by atoms with van der Waals surface area (Å²) in [6.07, 6.45) is 0.594. The first kappa shape index (κ1) is 19.2. The second-order valence-corrected chi connectivity index (χ2v) is 6.64. The quantitative estimate of drug-likeness (QED) is 0.768. The highest BCUT2D eigenvalue weighted by atomic mass is 16.3. The fraction of sp³-hybridized carbons (Fsp3) is 0.381. The van der Waals surface area contributed by atoms with Gasteiger partial charge >= 0.3 is 0 Å². The molecule has 2 aromatic carbocycles. The Hall–Kier alpha value is -2.17. The van der Waals surface area contributed by atoms with E-state index in [0.717, 1.165) is 16.8 Å². The summed E-state index contributed by atoms with van der Waals surface area (Å²) in [5, 5.41) is 12.4. The first-order valence-electron chi connectivity index (χ1n) is 8.77. The van der Waals surface area contributed by atoms with Crippen molar-refractivity contribution in [1.82, 2.24) is 4.90 Å². The van der Waals surface area contributed by atoms with Gasteiger partial charge in [-0.25, -0.2) is 0 Å². The molecule has 0 aliphatic carbocycles. The van der Waals surface area contributed by atoms with Gasteiger partial charge in [-0.1, -0.05) is 62.4 Å². The number of likely N-dealkylation sites (N-methyl/N-ethyl adjacent to an activating group) is 1. The highest BCUT2D eigenvalue weighted by molar-refractivity contribution is 5.93. The predicted octanol–water partition coefficient (Wildman–Crippen LogP) is 3.80. The first-order valence-corrected chi connectivity index (χ1v) is 8.77. The highest BCUT2D eigenvalue weighted by Crippen LogP contribution is 2.25. The molecular formula is C21H28N2O2. The van der Waals surface area contributed by atoms with Crippen LogP contribution in [0.3, 0.4) is 0 Å². The summed E-state index contributed by atoms with van der Waals surface area (Å²) < 4.78 is 0. The summed E-state index contributed by atoms with van der Waals surface area (Å²) in [4.78, 5) is 14.5. The smallest absolute Gasteiger partial charge is 0.238 e. The van der Waals surface area contributed by atoms with Crippen molar-refractivity contribution in [1.29, 1.82) is 0 Å². The number of carbonyl (C=O) groups is 1. The second-order valence-electron chi connectivity index (χ2n) is 6.64. The lowest BCUT2D eigenvalue weighted by molar-refractivity contribution is -0.117. The van der Waals surface area contributed by atoms with E-state index in [1.165, 1.54) is 0 Å². The molecule has 0 heterocycles. The Morgan fingerprint density at radius 2 is 1.72 bits per heavy atom. The fourth-order valence-corrected chi connectivity index (χ4v) is 3.08. The van der Waals surface area contributed by atoms with E-state index in [4.69, 9.17) is 0 Å². The zero-order valence-electron chi connectivity index (χ0n) is 15.3. The third kappa shape index (κ3) is 5.41. The average Bonchev–Trinajstić information content (AvgIpc) is 2.60. The number of hydrogen-bond donors (Lipinski definition) is 2. The Morgan fingerprint density at radius 1 is 1.08 bits per heavy atom. The lowest BCUT2D eigenvalue weighted by Crippen LogP contribution is -2.34. The molecule has 4 heteroatoms. The van der Waals surface area contributed by atoms with Gasteiger partial charge in [-0.2, -0.15) is 0 Å². The number of para-hydroxylation sites is 1. The topological polar surface area (TPSA) is 52.6 Å². The summed E-state index contributed by atoms with van der Waals surface area (Å²) in [7, 11) is 1.92. The maximum absolute atomic E-state index is 12.5. The van der Waals surface area contributed by atoms with Crippen molar-refractivity contribution >= 4 is 11.6 Å². The number of hydrogen-bond acceptors (Lipinski definition) is 3. The van der Waals surface area contributed by atoms with E-state index in [2.05, 4.69) is 19.2 Å². The van der Waals surface area contributed by atoms with Gasteiger partial charge in [0.2, 0.25) is 5.91 Å². The number of anilines is 1. The average molecular weight is 340 g/mol. The third-order valence-corrected chi connectivity index (χ3v) is 4.37. The third-order valence-electron chi connectivity index (χ3n) is 4.37. The molecule has 0 aromatic heterocycles. The van der Waals surface area contributed by atoms with Gasteiger partial charge in [0, 0.05) is 18.3 Å². The zero-order valence-corrected chi connectivity index (χ0v) is 15.3. The van der Waals surface area contributed by atoms with Crippen LogP contribution in [-0.4, -0.2) is 36.1 Å². The second kappa shape index (κ2) is 9.35. The largest absolute Gasteiger partial charge is 0.396 e. The van der Waals surface area contributed by atoms with Crippen LogP contribution in [0.25, 0.3) is 0 Å². The van der Waals surface area contributed by atoms with Crippen LogP contribution in [0.5, 0.6) is 0 Å². The number of aliphatic hydroxyl groups excluding tert-OH is 1. The SMILES string of the molecule is CC(C)c1ccccc1NC(=O)CN(C)C(CCO)c1ccccc1. The number of aliphatic hydroxyl groups is 1. The van der Waals surface area contributed by atoms with Crippen molar-refractivity contribution < 1.29 is 9.90 Å². The van der Waals surface area contributed by atoms with E-state index in [-0.39, 0.29) is 25.1 Å². The molecule has 0 saturated heterocycles. The van der Waals surface area contributed by atoms with Crippen LogP contribution in [-0.2, 0) is 4.79 Å². The molecule has 2 N–H and O–H groups in total. The Balaban J connectivity index is 2.06. The molecule has 1 amide bonds. The van der Waals surface area contributed by atoms with Gasteiger partial charge in [0.25, 0.3) is 0 Å². The number of benzene rings is 2. The summed E-state index contributed by atoms with van der Waals surface area (Å²) in [6.45, 7) is 4.58. The lowest BCUT2D eigenvalue weighted by Gasteiger charge is -2.27. The molecule has 0 fully saturated rings. The predicted molar refractivity (Wildman–Crippen MR) is 103 cm³/mol. The van der Waals surface area contributed by atoms with Crippen LogP contribution in [0.15, 0.2) is 54.6 Å². The normalized spacial score (nSPS) is 12.4. The zero-order chi connectivity index (χ0) is 18.2. The molecule has 0 bridgehead atoms. The molecule has 1 unspecified atom stereocenters. The number of nitrogens with one attached hydrogen (secondary N) is 1. The van der Waals surface area contributed by atoms with E-state index < -0.39 is 0 Å². The van der Waals surface area contributed by atoms with Gasteiger partial charge in [-0.15, -0.1) is 0 Å². The summed E-state index contributed by atoms with van der Waals surface area (Å²) in [5.41, 5.74) is 3.11. The molecule has 0 saturated carbocycles. The van der Waals surface area contributed by atoms with Gasteiger partial charge in [-0.3, -0.25) is 9.69 Å².